The van der Waals surface area contributed by atoms with Crippen molar-refractivity contribution in [2.75, 3.05) is 5.75 Å². The van der Waals surface area contributed by atoms with Gasteiger partial charge in [-0.2, -0.15) is 0 Å². The van der Waals surface area contributed by atoms with Crippen molar-refractivity contribution in [1.29, 1.82) is 0 Å². The van der Waals surface area contributed by atoms with Gasteiger partial charge in [-0.15, -0.1) is 11.8 Å². The number of phenolic OH excluding ortho intramolecular Hbond substituents is 1. The molecule has 0 aliphatic carbocycles. The van der Waals surface area contributed by atoms with E-state index >= 15 is 0 Å². The molecule has 0 radical (unpaired) electrons. The van der Waals surface area contributed by atoms with Crippen LogP contribution in [-0.4, -0.2) is 28.0 Å². The number of thioether (sulfide) groups is 1. The third-order valence-electron chi connectivity index (χ3n) is 2.30. The number of hydrogen-bond donors (Lipinski definition) is 3. The predicted octanol–water partition coefficient (Wildman–Crippen LogP) is 1.18. The lowest BCUT2D eigenvalue weighted by Gasteiger charge is -2.12. The van der Waals surface area contributed by atoms with Crippen LogP contribution in [0.2, 0.25) is 0 Å². The molecule has 1 heterocycles. The molecule has 0 spiro atoms. The molecule has 0 saturated carbocycles. The Balaban J connectivity index is 2.14. The average Bonchev–Trinajstić information content (AvgIpc) is 2.67. The molecule has 0 unspecified atom stereocenters. The number of carboxylic acid groups (broad SMARTS) is 1. The number of carboxylic acids is 1. The van der Waals surface area contributed by atoms with Crippen LogP contribution in [0.15, 0.2) is 24.3 Å². The molecule has 1 aliphatic heterocycles. The summed E-state index contributed by atoms with van der Waals surface area (Å²) in [6, 6.07) is 6.44. The van der Waals surface area contributed by atoms with Gasteiger partial charge < -0.3 is 10.2 Å². The van der Waals surface area contributed by atoms with E-state index in [-0.39, 0.29) is 11.1 Å². The van der Waals surface area contributed by atoms with Gasteiger partial charge in [0.1, 0.15) is 11.8 Å². The van der Waals surface area contributed by atoms with Crippen LogP contribution in [0.25, 0.3) is 0 Å². The van der Waals surface area contributed by atoms with Crippen LogP contribution in [0.3, 0.4) is 0 Å². The lowest BCUT2D eigenvalue weighted by molar-refractivity contribution is -0.138. The smallest absolute Gasteiger partial charge is 0.321 e. The molecular weight excluding hydrogens is 214 g/mol. The van der Waals surface area contributed by atoms with Gasteiger partial charge in [0.15, 0.2) is 0 Å². The van der Waals surface area contributed by atoms with Gasteiger partial charge in [-0.3, -0.25) is 10.1 Å². The molecular formula is C10H11NO3S. The SMILES string of the molecule is O=C(O)[C@@H]1CS[C@@H](c2ccccc2O)N1. The van der Waals surface area contributed by atoms with Gasteiger partial charge in [-0.1, -0.05) is 18.2 Å². The van der Waals surface area contributed by atoms with Crippen LogP contribution in [-0.2, 0) is 4.79 Å². The monoisotopic (exact) mass is 225 g/mol. The van der Waals surface area contributed by atoms with Crippen molar-refractivity contribution in [1.82, 2.24) is 5.32 Å². The van der Waals surface area contributed by atoms with E-state index in [0.717, 1.165) is 5.56 Å². The van der Waals surface area contributed by atoms with Crippen LogP contribution in [0.1, 0.15) is 10.9 Å². The molecule has 1 saturated heterocycles. The molecule has 4 nitrogen and oxygen atoms in total. The van der Waals surface area contributed by atoms with Crippen molar-refractivity contribution in [2.24, 2.45) is 0 Å². The summed E-state index contributed by atoms with van der Waals surface area (Å²) in [7, 11) is 0. The summed E-state index contributed by atoms with van der Waals surface area (Å²) in [5.74, 6) is -0.122. The Morgan fingerprint density at radius 3 is 2.80 bits per heavy atom. The van der Waals surface area contributed by atoms with Gasteiger partial charge >= 0.3 is 5.97 Å². The zero-order valence-corrected chi connectivity index (χ0v) is 8.70. The molecule has 2 rings (SSSR count). The van der Waals surface area contributed by atoms with E-state index in [1.807, 2.05) is 6.07 Å². The van der Waals surface area contributed by atoms with Crippen molar-refractivity contribution in [3.63, 3.8) is 0 Å². The van der Waals surface area contributed by atoms with Crippen molar-refractivity contribution in [2.45, 2.75) is 11.4 Å². The minimum absolute atomic E-state index is 0.132. The first-order valence-electron chi connectivity index (χ1n) is 4.57. The quantitative estimate of drug-likeness (QED) is 0.705. The molecule has 3 N–H and O–H groups in total. The molecule has 15 heavy (non-hydrogen) atoms. The van der Waals surface area contributed by atoms with E-state index in [4.69, 9.17) is 5.11 Å². The molecule has 0 aromatic heterocycles. The average molecular weight is 225 g/mol. The highest BCUT2D eigenvalue weighted by Gasteiger charge is 2.31. The first-order valence-corrected chi connectivity index (χ1v) is 5.61. The highest BCUT2D eigenvalue weighted by Crippen LogP contribution is 2.36. The van der Waals surface area contributed by atoms with Crippen LogP contribution < -0.4 is 5.32 Å². The minimum Gasteiger partial charge on any atom is -0.508 e. The van der Waals surface area contributed by atoms with Gasteiger partial charge in [0.2, 0.25) is 0 Å². The van der Waals surface area contributed by atoms with Crippen LogP contribution in [0, 0.1) is 0 Å². The zero-order chi connectivity index (χ0) is 10.8. The predicted molar refractivity (Wildman–Crippen MR) is 57.9 cm³/mol. The second kappa shape index (κ2) is 4.12. The van der Waals surface area contributed by atoms with E-state index in [1.54, 1.807) is 18.2 Å². The second-order valence-corrected chi connectivity index (χ2v) is 4.47. The molecule has 0 bridgehead atoms. The number of phenols is 1. The van der Waals surface area contributed by atoms with Crippen molar-refractivity contribution >= 4 is 17.7 Å². The van der Waals surface area contributed by atoms with Gasteiger partial charge in [0.25, 0.3) is 0 Å². The molecule has 1 aromatic rings. The maximum Gasteiger partial charge on any atom is 0.321 e. The standard InChI is InChI=1S/C10H11NO3S/c12-8-4-2-1-3-6(8)9-11-7(5-15-9)10(13)14/h1-4,7,9,11-12H,5H2,(H,13,14)/t7-,9-/m0/s1. The van der Waals surface area contributed by atoms with E-state index in [9.17, 15) is 9.90 Å². The normalized spacial score (nSPS) is 25.3. The van der Waals surface area contributed by atoms with Crippen LogP contribution in [0.4, 0.5) is 0 Å². The minimum atomic E-state index is -0.847. The Bertz CT molecular complexity index is 383. The fourth-order valence-electron chi connectivity index (χ4n) is 1.50. The molecule has 1 aliphatic rings. The number of para-hydroxylation sites is 1. The number of hydrogen-bond acceptors (Lipinski definition) is 4. The zero-order valence-electron chi connectivity index (χ0n) is 7.88. The number of carbonyl (C=O) groups is 1. The summed E-state index contributed by atoms with van der Waals surface area (Å²) in [5, 5.41) is 21.2. The van der Waals surface area contributed by atoms with Crippen molar-refractivity contribution < 1.29 is 15.0 Å². The topological polar surface area (TPSA) is 69.6 Å². The summed E-state index contributed by atoms with van der Waals surface area (Å²) in [5.41, 5.74) is 0.742. The van der Waals surface area contributed by atoms with Crippen molar-refractivity contribution in [3.05, 3.63) is 29.8 Å². The summed E-state index contributed by atoms with van der Waals surface area (Å²) < 4.78 is 0. The molecule has 2 atom stereocenters. The Morgan fingerprint density at radius 2 is 2.20 bits per heavy atom. The second-order valence-electron chi connectivity index (χ2n) is 3.33. The van der Waals surface area contributed by atoms with E-state index in [0.29, 0.717) is 5.75 Å². The van der Waals surface area contributed by atoms with Gasteiger partial charge in [0.05, 0.1) is 5.37 Å². The summed E-state index contributed by atoms with van der Waals surface area (Å²) in [6.45, 7) is 0. The number of benzene rings is 1. The maximum absolute atomic E-state index is 10.7. The van der Waals surface area contributed by atoms with E-state index in [1.165, 1.54) is 11.8 Å². The van der Waals surface area contributed by atoms with Crippen molar-refractivity contribution in [3.8, 4) is 5.75 Å². The van der Waals surface area contributed by atoms with Gasteiger partial charge in [0, 0.05) is 11.3 Å². The summed E-state index contributed by atoms with van der Waals surface area (Å²) >= 11 is 1.49. The Labute approximate surface area is 91.3 Å². The number of rotatable bonds is 2. The molecule has 5 heteroatoms. The maximum atomic E-state index is 10.7. The lowest BCUT2D eigenvalue weighted by Crippen LogP contribution is -2.33. The molecule has 0 amide bonds. The number of aliphatic carboxylic acids is 1. The third kappa shape index (κ3) is 2.08. The van der Waals surface area contributed by atoms with Gasteiger partial charge in [-0.05, 0) is 6.07 Å². The Morgan fingerprint density at radius 1 is 1.47 bits per heavy atom. The van der Waals surface area contributed by atoms with Crippen LogP contribution in [0.5, 0.6) is 5.75 Å². The number of nitrogens with one attached hydrogen (secondary N) is 1. The Kier molecular flexibility index (Phi) is 2.83. The fourth-order valence-corrected chi connectivity index (χ4v) is 2.77. The number of aromatic hydroxyl groups is 1. The molecule has 1 fully saturated rings. The highest BCUT2D eigenvalue weighted by molar-refractivity contribution is 7.99. The van der Waals surface area contributed by atoms with Gasteiger partial charge in [-0.25, -0.2) is 0 Å². The first kappa shape index (κ1) is 10.3. The molecule has 1 aromatic carbocycles. The summed E-state index contributed by atoms with van der Waals surface area (Å²) in [6.07, 6.45) is 0. The molecule has 80 valence electrons. The van der Waals surface area contributed by atoms with E-state index < -0.39 is 12.0 Å². The third-order valence-corrected chi connectivity index (χ3v) is 3.55. The first-order chi connectivity index (χ1) is 7.18. The largest absolute Gasteiger partial charge is 0.508 e. The lowest BCUT2D eigenvalue weighted by atomic mass is 10.2. The van der Waals surface area contributed by atoms with E-state index in [2.05, 4.69) is 5.32 Å². The highest BCUT2D eigenvalue weighted by atomic mass is 32.2. The Hall–Kier alpha value is -1.20. The fraction of sp³-hybridized carbons (Fsp3) is 0.300. The van der Waals surface area contributed by atoms with Crippen LogP contribution >= 0.6 is 11.8 Å². The summed E-state index contributed by atoms with van der Waals surface area (Å²) in [4.78, 5) is 10.7.